The van der Waals surface area contributed by atoms with Crippen LogP contribution in [0.25, 0.3) is 0 Å². The van der Waals surface area contributed by atoms with E-state index in [-0.39, 0.29) is 11.6 Å². The van der Waals surface area contributed by atoms with Crippen LogP contribution in [0.4, 0.5) is 5.69 Å². The molecule has 0 bridgehead atoms. The molecule has 0 spiro atoms. The number of rotatable bonds is 2. The largest absolute Gasteiger partial charge is 0.480 e. The maximum atomic E-state index is 12.6. The second-order valence-electron chi connectivity index (χ2n) is 4.38. The lowest BCUT2D eigenvalue weighted by Gasteiger charge is -2.28. The number of halogens is 1. The Morgan fingerprint density at radius 1 is 1.33 bits per heavy atom. The molecule has 108 valence electrons. The van der Waals surface area contributed by atoms with Crippen LogP contribution in [0.15, 0.2) is 35.2 Å². The lowest BCUT2D eigenvalue weighted by atomic mass is 10.2. The molecule has 7 heteroatoms. The fourth-order valence-corrected chi connectivity index (χ4v) is 3.22. The van der Waals surface area contributed by atoms with Crippen LogP contribution in [0.1, 0.15) is 10.5 Å². The fraction of sp³-hybridized carbons (Fsp3) is 0.214. The number of benzene rings is 1. The lowest BCUT2D eigenvalue weighted by Crippen LogP contribution is -2.36. The number of anilines is 1. The van der Waals surface area contributed by atoms with E-state index in [4.69, 9.17) is 16.3 Å². The Bertz CT molecular complexity index is 678. The molecule has 2 heterocycles. The van der Waals surface area contributed by atoms with E-state index in [2.05, 4.69) is 10.2 Å². The monoisotopic (exact) mass is 321 g/mol. The molecule has 0 saturated heterocycles. The van der Waals surface area contributed by atoms with Crippen molar-refractivity contribution in [3.05, 3.63) is 41.0 Å². The number of hydrogen-bond acceptors (Lipinski definition) is 5. The molecule has 0 aliphatic carbocycles. The zero-order valence-electron chi connectivity index (χ0n) is 11.2. The Morgan fingerprint density at radius 2 is 2.19 bits per heavy atom. The molecular formula is C14H12ClN3O2S. The zero-order chi connectivity index (χ0) is 14.8. The summed E-state index contributed by atoms with van der Waals surface area (Å²) in [6, 6.07) is 8.80. The first-order valence-electron chi connectivity index (χ1n) is 6.31. The molecule has 0 unspecified atom stereocenters. The quantitative estimate of drug-likeness (QED) is 0.851. The van der Waals surface area contributed by atoms with Gasteiger partial charge in [0.25, 0.3) is 5.91 Å². The highest BCUT2D eigenvalue weighted by molar-refractivity contribution is 7.99. The number of ether oxygens (including phenoxy) is 1. The van der Waals surface area contributed by atoms with Crippen molar-refractivity contribution in [3.8, 4) is 5.88 Å². The van der Waals surface area contributed by atoms with Gasteiger partial charge in [-0.15, -0.1) is 22.0 Å². The van der Waals surface area contributed by atoms with Gasteiger partial charge in [-0.3, -0.25) is 4.79 Å². The number of methoxy groups -OCH3 is 1. The molecule has 5 nitrogen and oxygen atoms in total. The first-order chi connectivity index (χ1) is 10.2. The van der Waals surface area contributed by atoms with Crippen LogP contribution in [0, 0.1) is 0 Å². The van der Waals surface area contributed by atoms with E-state index in [0.29, 0.717) is 17.4 Å². The van der Waals surface area contributed by atoms with Gasteiger partial charge in [-0.1, -0.05) is 11.6 Å². The van der Waals surface area contributed by atoms with E-state index in [1.165, 1.54) is 7.11 Å². The van der Waals surface area contributed by atoms with Gasteiger partial charge in [-0.05, 0) is 24.3 Å². The average molecular weight is 322 g/mol. The van der Waals surface area contributed by atoms with Gasteiger partial charge in [0.1, 0.15) is 0 Å². The summed E-state index contributed by atoms with van der Waals surface area (Å²) in [5.74, 6) is 1.03. The Morgan fingerprint density at radius 3 is 2.90 bits per heavy atom. The Kier molecular flexibility index (Phi) is 3.98. The van der Waals surface area contributed by atoms with Crippen LogP contribution in [-0.4, -0.2) is 35.5 Å². The van der Waals surface area contributed by atoms with Gasteiger partial charge in [-0.25, -0.2) is 0 Å². The maximum absolute atomic E-state index is 12.6. The van der Waals surface area contributed by atoms with Gasteiger partial charge < -0.3 is 9.64 Å². The molecule has 1 aromatic carbocycles. The Hall–Kier alpha value is -1.79. The number of fused-ring (bicyclic) bond motifs is 1. The van der Waals surface area contributed by atoms with Crippen molar-refractivity contribution < 1.29 is 9.53 Å². The minimum absolute atomic E-state index is 0.186. The smallest absolute Gasteiger partial charge is 0.278 e. The van der Waals surface area contributed by atoms with Gasteiger partial charge in [-0.2, -0.15) is 0 Å². The SMILES string of the molecule is COc1ccc(C(=O)N2CCSc3ccc(Cl)cc32)nn1. The van der Waals surface area contributed by atoms with Gasteiger partial charge >= 0.3 is 0 Å². The van der Waals surface area contributed by atoms with Crippen LogP contribution in [0.5, 0.6) is 5.88 Å². The van der Waals surface area contributed by atoms with Gasteiger partial charge in [0, 0.05) is 28.3 Å². The predicted molar refractivity (Wildman–Crippen MR) is 82.4 cm³/mol. The summed E-state index contributed by atoms with van der Waals surface area (Å²) < 4.78 is 4.95. The third-order valence-electron chi connectivity index (χ3n) is 3.10. The molecule has 0 N–H and O–H groups in total. The Balaban J connectivity index is 1.93. The van der Waals surface area contributed by atoms with Crippen molar-refractivity contribution >= 4 is 35.0 Å². The lowest BCUT2D eigenvalue weighted by molar-refractivity contribution is 0.0981. The maximum Gasteiger partial charge on any atom is 0.278 e. The van der Waals surface area contributed by atoms with E-state index in [1.807, 2.05) is 12.1 Å². The summed E-state index contributed by atoms with van der Waals surface area (Å²) in [5.41, 5.74) is 1.11. The third kappa shape index (κ3) is 2.82. The highest BCUT2D eigenvalue weighted by Gasteiger charge is 2.25. The van der Waals surface area contributed by atoms with Crippen LogP contribution in [-0.2, 0) is 0 Å². The van der Waals surface area contributed by atoms with Crippen molar-refractivity contribution in [1.82, 2.24) is 10.2 Å². The van der Waals surface area contributed by atoms with E-state index >= 15 is 0 Å². The van der Waals surface area contributed by atoms with E-state index in [9.17, 15) is 4.79 Å². The number of thioether (sulfide) groups is 1. The molecule has 0 fully saturated rings. The third-order valence-corrected chi connectivity index (χ3v) is 4.38. The number of aromatic nitrogens is 2. The molecule has 1 amide bonds. The van der Waals surface area contributed by atoms with E-state index in [1.54, 1.807) is 34.9 Å². The first kappa shape index (κ1) is 14.2. The number of nitrogens with zero attached hydrogens (tertiary/aromatic N) is 3. The fourth-order valence-electron chi connectivity index (χ4n) is 2.08. The van der Waals surface area contributed by atoms with Gasteiger partial charge in [0.2, 0.25) is 5.88 Å². The summed E-state index contributed by atoms with van der Waals surface area (Å²) in [5, 5.41) is 8.36. The molecule has 0 atom stereocenters. The van der Waals surface area contributed by atoms with Crippen molar-refractivity contribution in [2.45, 2.75) is 4.90 Å². The standard InChI is InChI=1S/C14H12ClN3O2S/c1-20-13-5-3-10(16-17-13)14(19)18-6-7-21-12-4-2-9(15)8-11(12)18/h2-5,8H,6-7H2,1H3. The summed E-state index contributed by atoms with van der Waals surface area (Å²) >= 11 is 7.75. The second kappa shape index (κ2) is 5.91. The number of amides is 1. The van der Waals surface area contributed by atoms with Crippen molar-refractivity contribution in [3.63, 3.8) is 0 Å². The molecule has 2 aromatic rings. The molecular weight excluding hydrogens is 310 g/mol. The average Bonchev–Trinajstić information content (AvgIpc) is 2.53. The molecule has 1 aliphatic heterocycles. The molecule has 1 aromatic heterocycles. The molecule has 0 radical (unpaired) electrons. The topological polar surface area (TPSA) is 55.3 Å². The molecule has 21 heavy (non-hydrogen) atoms. The summed E-state index contributed by atoms with van der Waals surface area (Å²) in [7, 11) is 1.51. The minimum Gasteiger partial charge on any atom is -0.480 e. The summed E-state index contributed by atoms with van der Waals surface area (Å²) in [6.45, 7) is 0.616. The van der Waals surface area contributed by atoms with Gasteiger partial charge in [0.15, 0.2) is 5.69 Å². The second-order valence-corrected chi connectivity index (χ2v) is 5.95. The highest BCUT2D eigenvalue weighted by atomic mass is 35.5. The van der Waals surface area contributed by atoms with Crippen LogP contribution in [0.2, 0.25) is 5.02 Å². The normalized spacial score (nSPS) is 13.7. The van der Waals surface area contributed by atoms with E-state index < -0.39 is 0 Å². The first-order valence-corrected chi connectivity index (χ1v) is 7.67. The predicted octanol–water partition coefficient (Wildman–Crippen LogP) is 2.89. The summed E-state index contributed by atoms with van der Waals surface area (Å²) in [4.78, 5) is 15.3. The Labute approximate surface area is 131 Å². The molecule has 1 aliphatic rings. The summed E-state index contributed by atoms with van der Waals surface area (Å²) in [6.07, 6.45) is 0. The van der Waals surface area contributed by atoms with Crippen LogP contribution in [0.3, 0.4) is 0 Å². The molecule has 3 rings (SSSR count). The van der Waals surface area contributed by atoms with Crippen molar-refractivity contribution in [1.29, 1.82) is 0 Å². The van der Waals surface area contributed by atoms with Crippen molar-refractivity contribution in [2.24, 2.45) is 0 Å². The zero-order valence-corrected chi connectivity index (χ0v) is 12.8. The number of carbonyl (C=O) groups is 1. The van der Waals surface area contributed by atoms with E-state index in [0.717, 1.165) is 16.3 Å². The minimum atomic E-state index is -0.186. The number of hydrogen-bond donors (Lipinski definition) is 0. The highest BCUT2D eigenvalue weighted by Crippen LogP contribution is 2.37. The van der Waals surface area contributed by atoms with Crippen LogP contribution >= 0.6 is 23.4 Å². The van der Waals surface area contributed by atoms with Gasteiger partial charge in [0.05, 0.1) is 12.8 Å². The number of carbonyl (C=O) groups excluding carboxylic acids is 1. The van der Waals surface area contributed by atoms with Crippen molar-refractivity contribution in [2.75, 3.05) is 24.3 Å². The van der Waals surface area contributed by atoms with Crippen LogP contribution < -0.4 is 9.64 Å². The molecule has 0 saturated carbocycles.